The number of hydrogen-bond donors (Lipinski definition) is 0. The second kappa shape index (κ2) is 6.18. The van der Waals surface area contributed by atoms with E-state index in [0.717, 1.165) is 6.54 Å². The van der Waals surface area contributed by atoms with Gasteiger partial charge in [0.1, 0.15) is 0 Å². The van der Waals surface area contributed by atoms with E-state index in [4.69, 9.17) is 0 Å². The number of methoxy groups -OCH3 is 1. The summed E-state index contributed by atoms with van der Waals surface area (Å²) in [6.07, 6.45) is 3.24. The van der Waals surface area contributed by atoms with Gasteiger partial charge in [-0.25, -0.2) is 0 Å². The Kier molecular flexibility index (Phi) is 5.60. The van der Waals surface area contributed by atoms with Crippen molar-refractivity contribution in [3.05, 3.63) is 12.3 Å². The Morgan fingerprint density at radius 2 is 2.20 bits per heavy atom. The van der Waals surface area contributed by atoms with Gasteiger partial charge in [0.05, 0.1) is 19.9 Å². The standard InChI is InChI=1S/C8H13NO/c1-9(2)7-5-4-6-8-10-3/h6,8H,7H2,1-3H3. The van der Waals surface area contributed by atoms with Gasteiger partial charge in [0.15, 0.2) is 0 Å². The fraction of sp³-hybridized carbons (Fsp3) is 0.500. The van der Waals surface area contributed by atoms with E-state index in [-0.39, 0.29) is 0 Å². The molecule has 0 spiro atoms. The van der Waals surface area contributed by atoms with Crippen molar-refractivity contribution in [3.8, 4) is 11.8 Å². The van der Waals surface area contributed by atoms with Crippen LogP contribution in [0.15, 0.2) is 12.3 Å². The lowest BCUT2D eigenvalue weighted by atomic mass is 10.5. The largest absolute Gasteiger partial charge is 0.504 e. The van der Waals surface area contributed by atoms with Crippen LogP contribution in [0.25, 0.3) is 0 Å². The molecule has 0 saturated carbocycles. The van der Waals surface area contributed by atoms with Crippen LogP contribution in [0.1, 0.15) is 0 Å². The van der Waals surface area contributed by atoms with Crippen LogP contribution in [-0.4, -0.2) is 32.6 Å². The molecule has 0 unspecified atom stereocenters. The molecule has 0 rings (SSSR count). The Bertz CT molecular complexity index is 150. The van der Waals surface area contributed by atoms with Crippen molar-refractivity contribution >= 4 is 0 Å². The monoisotopic (exact) mass is 139 g/mol. The predicted octanol–water partition coefficient (Wildman–Crippen LogP) is 0.712. The Morgan fingerprint density at radius 1 is 1.50 bits per heavy atom. The average Bonchev–Trinajstić information content (AvgIpc) is 1.87. The Labute approximate surface area is 62.5 Å². The third-order valence-electron chi connectivity index (χ3n) is 0.785. The van der Waals surface area contributed by atoms with Gasteiger partial charge < -0.3 is 4.74 Å². The lowest BCUT2D eigenvalue weighted by molar-refractivity contribution is 0.338. The van der Waals surface area contributed by atoms with Crippen LogP contribution in [-0.2, 0) is 4.74 Å². The summed E-state index contributed by atoms with van der Waals surface area (Å²) < 4.78 is 4.65. The van der Waals surface area contributed by atoms with Crippen molar-refractivity contribution in [2.75, 3.05) is 27.7 Å². The maximum Gasteiger partial charge on any atom is 0.0908 e. The third kappa shape index (κ3) is 7.06. The first-order valence-electron chi connectivity index (χ1n) is 3.08. The average molecular weight is 139 g/mol. The van der Waals surface area contributed by atoms with E-state index < -0.39 is 0 Å². The minimum absolute atomic E-state index is 0.786. The highest BCUT2D eigenvalue weighted by Crippen LogP contribution is 1.71. The molecule has 0 aliphatic carbocycles. The molecule has 0 bridgehead atoms. The summed E-state index contributed by atoms with van der Waals surface area (Å²) in [6.45, 7) is 0.786. The molecule has 0 N–H and O–H groups in total. The minimum atomic E-state index is 0.786. The molecule has 0 amide bonds. The molecular formula is C8H13NO. The van der Waals surface area contributed by atoms with E-state index in [2.05, 4.69) is 16.6 Å². The van der Waals surface area contributed by atoms with Gasteiger partial charge >= 0.3 is 0 Å². The lowest BCUT2D eigenvalue weighted by Crippen LogP contribution is -2.10. The third-order valence-corrected chi connectivity index (χ3v) is 0.785. The number of rotatable bonds is 2. The predicted molar refractivity (Wildman–Crippen MR) is 42.5 cm³/mol. The molecular weight excluding hydrogens is 126 g/mol. The minimum Gasteiger partial charge on any atom is -0.504 e. The fourth-order valence-corrected chi connectivity index (χ4v) is 0.365. The normalized spacial score (nSPS) is 9.60. The first kappa shape index (κ1) is 9.06. The summed E-state index contributed by atoms with van der Waals surface area (Å²) in [4.78, 5) is 2.01. The van der Waals surface area contributed by atoms with E-state index in [1.54, 1.807) is 19.4 Å². The first-order valence-corrected chi connectivity index (χ1v) is 3.08. The number of nitrogens with zero attached hydrogens (tertiary/aromatic N) is 1. The molecule has 0 aromatic carbocycles. The van der Waals surface area contributed by atoms with Crippen molar-refractivity contribution in [2.24, 2.45) is 0 Å². The van der Waals surface area contributed by atoms with Gasteiger partial charge in [0.2, 0.25) is 0 Å². The summed E-state index contributed by atoms with van der Waals surface area (Å²) in [6, 6.07) is 0. The van der Waals surface area contributed by atoms with Gasteiger partial charge in [-0.2, -0.15) is 0 Å². The van der Waals surface area contributed by atoms with Crippen molar-refractivity contribution in [2.45, 2.75) is 0 Å². The maximum absolute atomic E-state index is 4.65. The lowest BCUT2D eigenvalue weighted by Gasteiger charge is -2.00. The van der Waals surface area contributed by atoms with Gasteiger partial charge in [-0.3, -0.25) is 4.90 Å². The molecule has 0 atom stereocenters. The zero-order valence-corrected chi connectivity index (χ0v) is 6.72. The molecule has 0 aromatic heterocycles. The van der Waals surface area contributed by atoms with Crippen molar-refractivity contribution in [1.29, 1.82) is 0 Å². The van der Waals surface area contributed by atoms with Crippen LogP contribution in [0.2, 0.25) is 0 Å². The number of hydrogen-bond acceptors (Lipinski definition) is 2. The van der Waals surface area contributed by atoms with E-state index in [1.165, 1.54) is 0 Å². The Morgan fingerprint density at radius 3 is 2.70 bits per heavy atom. The Balaban J connectivity index is 3.40. The summed E-state index contributed by atoms with van der Waals surface area (Å²) in [5.74, 6) is 5.75. The van der Waals surface area contributed by atoms with Crippen molar-refractivity contribution < 1.29 is 4.74 Å². The number of ether oxygens (including phenoxy) is 1. The Hall–Kier alpha value is -0.940. The SMILES string of the molecule is COC=CC#CCN(C)C. The second-order valence-corrected chi connectivity index (χ2v) is 2.10. The molecule has 2 nitrogen and oxygen atoms in total. The molecule has 0 saturated heterocycles. The summed E-state index contributed by atoms with van der Waals surface area (Å²) >= 11 is 0. The summed E-state index contributed by atoms with van der Waals surface area (Å²) in [5, 5.41) is 0. The highest BCUT2D eigenvalue weighted by molar-refractivity contribution is 5.14. The zero-order chi connectivity index (χ0) is 7.82. The molecule has 10 heavy (non-hydrogen) atoms. The quantitative estimate of drug-likeness (QED) is 0.412. The van der Waals surface area contributed by atoms with Crippen LogP contribution >= 0.6 is 0 Å². The van der Waals surface area contributed by atoms with Gasteiger partial charge in [-0.1, -0.05) is 11.8 Å². The van der Waals surface area contributed by atoms with Crippen LogP contribution in [0, 0.1) is 11.8 Å². The first-order chi connectivity index (χ1) is 4.77. The second-order valence-electron chi connectivity index (χ2n) is 2.10. The summed E-state index contributed by atoms with van der Waals surface area (Å²) in [7, 11) is 5.56. The highest BCUT2D eigenvalue weighted by atomic mass is 16.5. The molecule has 2 heteroatoms. The molecule has 0 radical (unpaired) electrons. The maximum atomic E-state index is 4.65. The smallest absolute Gasteiger partial charge is 0.0908 e. The van der Waals surface area contributed by atoms with Gasteiger partial charge in [-0.15, -0.1) is 0 Å². The van der Waals surface area contributed by atoms with Gasteiger partial charge in [0.25, 0.3) is 0 Å². The van der Waals surface area contributed by atoms with Crippen molar-refractivity contribution in [3.63, 3.8) is 0 Å². The van der Waals surface area contributed by atoms with Gasteiger partial charge in [0, 0.05) is 6.08 Å². The van der Waals surface area contributed by atoms with E-state index >= 15 is 0 Å². The fourth-order valence-electron chi connectivity index (χ4n) is 0.365. The molecule has 0 aliphatic rings. The zero-order valence-electron chi connectivity index (χ0n) is 6.72. The number of allylic oxidation sites excluding steroid dienone is 1. The van der Waals surface area contributed by atoms with E-state index in [0.29, 0.717) is 0 Å². The molecule has 56 valence electrons. The van der Waals surface area contributed by atoms with Crippen LogP contribution < -0.4 is 0 Å². The van der Waals surface area contributed by atoms with E-state index in [1.807, 2.05) is 19.0 Å². The highest BCUT2D eigenvalue weighted by Gasteiger charge is 1.77. The van der Waals surface area contributed by atoms with Crippen LogP contribution in [0.3, 0.4) is 0 Å². The van der Waals surface area contributed by atoms with Crippen LogP contribution in [0.5, 0.6) is 0 Å². The topological polar surface area (TPSA) is 12.5 Å². The molecule has 0 aliphatic heterocycles. The van der Waals surface area contributed by atoms with Crippen LogP contribution in [0.4, 0.5) is 0 Å². The molecule has 0 heterocycles. The van der Waals surface area contributed by atoms with E-state index in [9.17, 15) is 0 Å². The van der Waals surface area contributed by atoms with Crippen molar-refractivity contribution in [1.82, 2.24) is 4.90 Å². The molecule has 0 aromatic rings. The van der Waals surface area contributed by atoms with Gasteiger partial charge in [-0.05, 0) is 14.1 Å². The summed E-state index contributed by atoms with van der Waals surface area (Å²) in [5.41, 5.74) is 0. The molecule has 0 fully saturated rings.